The van der Waals surface area contributed by atoms with E-state index in [1.807, 2.05) is 30.3 Å². The van der Waals surface area contributed by atoms with Gasteiger partial charge in [-0.15, -0.1) is 0 Å². The molecule has 1 saturated heterocycles. The number of benzene rings is 2. The Labute approximate surface area is 179 Å². The van der Waals surface area contributed by atoms with Crippen molar-refractivity contribution in [2.75, 3.05) is 37.6 Å². The highest BCUT2D eigenvalue weighted by Crippen LogP contribution is 2.31. The van der Waals surface area contributed by atoms with E-state index in [0.717, 1.165) is 63.1 Å². The number of fused-ring (bicyclic) bond motifs is 2. The number of anilines is 1. The van der Waals surface area contributed by atoms with Crippen molar-refractivity contribution >= 4 is 38.3 Å². The van der Waals surface area contributed by atoms with E-state index in [9.17, 15) is 4.79 Å². The Hall–Kier alpha value is -2.77. The van der Waals surface area contributed by atoms with Gasteiger partial charge in [-0.25, -0.2) is 4.98 Å². The molecule has 30 heavy (non-hydrogen) atoms. The Balaban J connectivity index is 1.11. The molecular formula is C23H25N5OS. The first-order valence-electron chi connectivity index (χ1n) is 10.6. The summed E-state index contributed by atoms with van der Waals surface area (Å²) in [6.45, 7) is 6.03. The zero-order chi connectivity index (χ0) is 20.3. The summed E-state index contributed by atoms with van der Waals surface area (Å²) in [5.41, 5.74) is 1.93. The number of piperazine rings is 1. The minimum absolute atomic E-state index is 0.0611. The summed E-state index contributed by atoms with van der Waals surface area (Å²) in [7, 11) is 0. The second-order valence-electron chi connectivity index (χ2n) is 7.80. The van der Waals surface area contributed by atoms with Crippen LogP contribution in [0.3, 0.4) is 0 Å². The topological polar surface area (TPSA) is 54.3 Å². The Morgan fingerprint density at radius 3 is 2.37 bits per heavy atom. The van der Waals surface area contributed by atoms with Crippen molar-refractivity contribution in [1.82, 2.24) is 18.8 Å². The van der Waals surface area contributed by atoms with Gasteiger partial charge in [0.25, 0.3) is 5.56 Å². The van der Waals surface area contributed by atoms with Crippen LogP contribution in [-0.2, 0) is 6.54 Å². The molecule has 1 fully saturated rings. The fraction of sp³-hybridized carbons (Fsp3) is 0.348. The van der Waals surface area contributed by atoms with Crippen LogP contribution in [0.4, 0.5) is 5.00 Å². The van der Waals surface area contributed by atoms with Crippen molar-refractivity contribution in [2.45, 2.75) is 19.4 Å². The standard InChI is InChI=1S/C23H25N5OS/c29-22-18-7-1-3-9-20(18)24-17-28(22)12-6-5-11-26-13-15-27(16-14-26)23-19-8-2-4-10-21(19)25-30-23/h1-4,7-10,17H,5-6,11-16H2. The maximum atomic E-state index is 12.6. The van der Waals surface area contributed by atoms with E-state index >= 15 is 0 Å². The molecule has 154 valence electrons. The first-order valence-corrected chi connectivity index (χ1v) is 11.3. The molecule has 1 aliphatic rings. The molecule has 0 radical (unpaired) electrons. The molecular weight excluding hydrogens is 394 g/mol. The lowest BCUT2D eigenvalue weighted by atomic mass is 10.2. The van der Waals surface area contributed by atoms with Gasteiger partial charge in [-0.05, 0) is 55.2 Å². The minimum atomic E-state index is 0.0611. The molecule has 0 amide bonds. The largest absolute Gasteiger partial charge is 0.359 e. The second kappa shape index (κ2) is 8.53. The van der Waals surface area contributed by atoms with Crippen LogP contribution in [0.25, 0.3) is 21.8 Å². The quantitative estimate of drug-likeness (QED) is 0.447. The number of rotatable bonds is 6. The first-order chi connectivity index (χ1) is 14.8. The van der Waals surface area contributed by atoms with Crippen molar-refractivity contribution in [1.29, 1.82) is 0 Å². The summed E-state index contributed by atoms with van der Waals surface area (Å²) in [5, 5.41) is 3.27. The highest BCUT2D eigenvalue weighted by molar-refractivity contribution is 7.11. The van der Waals surface area contributed by atoms with Crippen LogP contribution in [0, 0.1) is 0 Å². The van der Waals surface area contributed by atoms with Crippen molar-refractivity contribution in [3.8, 4) is 0 Å². The predicted octanol–water partition coefficient (Wildman–Crippen LogP) is 3.61. The molecule has 1 aliphatic heterocycles. The van der Waals surface area contributed by atoms with Gasteiger partial charge in [-0.1, -0.05) is 24.3 Å². The SMILES string of the molecule is O=c1c2ccccc2ncn1CCCCN1CCN(c2snc3ccccc23)CC1. The summed E-state index contributed by atoms with van der Waals surface area (Å²) < 4.78 is 6.33. The molecule has 0 bridgehead atoms. The molecule has 0 N–H and O–H groups in total. The average molecular weight is 420 g/mol. The summed E-state index contributed by atoms with van der Waals surface area (Å²) >= 11 is 1.61. The van der Waals surface area contributed by atoms with E-state index < -0.39 is 0 Å². The Bertz CT molecular complexity index is 1210. The predicted molar refractivity (Wildman–Crippen MR) is 124 cm³/mol. The van der Waals surface area contributed by atoms with Gasteiger partial charge in [0.2, 0.25) is 0 Å². The number of aryl methyl sites for hydroxylation is 1. The molecule has 0 aliphatic carbocycles. The number of hydrogen-bond acceptors (Lipinski definition) is 6. The van der Waals surface area contributed by atoms with E-state index in [1.165, 1.54) is 10.4 Å². The number of para-hydroxylation sites is 1. The van der Waals surface area contributed by atoms with Crippen molar-refractivity contribution in [3.63, 3.8) is 0 Å². The fourth-order valence-electron chi connectivity index (χ4n) is 4.16. The molecule has 2 aromatic carbocycles. The molecule has 4 aromatic rings. The number of nitrogens with zero attached hydrogens (tertiary/aromatic N) is 5. The molecule has 0 saturated carbocycles. The van der Waals surface area contributed by atoms with Crippen molar-refractivity contribution in [3.05, 3.63) is 65.2 Å². The van der Waals surface area contributed by atoms with Crippen LogP contribution in [-0.4, -0.2) is 51.5 Å². The van der Waals surface area contributed by atoms with Gasteiger partial charge in [-0.3, -0.25) is 14.3 Å². The van der Waals surface area contributed by atoms with Gasteiger partial charge in [0.1, 0.15) is 5.00 Å². The molecule has 0 spiro atoms. The monoisotopic (exact) mass is 419 g/mol. The van der Waals surface area contributed by atoms with E-state index in [0.29, 0.717) is 5.39 Å². The van der Waals surface area contributed by atoms with Crippen molar-refractivity contribution < 1.29 is 0 Å². The van der Waals surface area contributed by atoms with Crippen LogP contribution in [0.15, 0.2) is 59.7 Å². The summed E-state index contributed by atoms with van der Waals surface area (Å²) in [5.74, 6) is 0. The zero-order valence-electron chi connectivity index (χ0n) is 16.9. The third kappa shape index (κ3) is 3.82. The van der Waals surface area contributed by atoms with E-state index in [1.54, 1.807) is 22.4 Å². The van der Waals surface area contributed by atoms with E-state index in [2.05, 4.69) is 37.4 Å². The average Bonchev–Trinajstić information content (AvgIpc) is 3.23. The van der Waals surface area contributed by atoms with Gasteiger partial charge < -0.3 is 4.90 Å². The summed E-state index contributed by atoms with van der Waals surface area (Å²) in [6, 6.07) is 15.9. The van der Waals surface area contributed by atoms with Crippen LogP contribution >= 0.6 is 11.5 Å². The van der Waals surface area contributed by atoms with Gasteiger partial charge in [0.05, 0.1) is 22.7 Å². The Morgan fingerprint density at radius 2 is 1.53 bits per heavy atom. The molecule has 3 heterocycles. The second-order valence-corrected chi connectivity index (χ2v) is 8.55. The lowest BCUT2D eigenvalue weighted by molar-refractivity contribution is 0.251. The van der Waals surface area contributed by atoms with Gasteiger partial charge in [0.15, 0.2) is 0 Å². The van der Waals surface area contributed by atoms with Crippen LogP contribution in [0.5, 0.6) is 0 Å². The van der Waals surface area contributed by atoms with Crippen LogP contribution in [0.2, 0.25) is 0 Å². The highest BCUT2D eigenvalue weighted by Gasteiger charge is 2.20. The van der Waals surface area contributed by atoms with Crippen LogP contribution < -0.4 is 10.5 Å². The van der Waals surface area contributed by atoms with Crippen molar-refractivity contribution in [2.24, 2.45) is 0 Å². The maximum Gasteiger partial charge on any atom is 0.261 e. The van der Waals surface area contributed by atoms with Gasteiger partial charge in [-0.2, -0.15) is 4.37 Å². The van der Waals surface area contributed by atoms with E-state index in [-0.39, 0.29) is 5.56 Å². The number of hydrogen-bond donors (Lipinski definition) is 0. The number of unbranched alkanes of at least 4 members (excludes halogenated alkanes) is 1. The lowest BCUT2D eigenvalue weighted by Gasteiger charge is -2.35. The third-order valence-corrected chi connectivity index (χ3v) is 6.82. The molecule has 5 rings (SSSR count). The van der Waals surface area contributed by atoms with Gasteiger partial charge >= 0.3 is 0 Å². The molecule has 6 nitrogen and oxygen atoms in total. The molecule has 0 unspecified atom stereocenters. The first kappa shape index (κ1) is 19.2. The summed E-state index contributed by atoms with van der Waals surface area (Å²) in [4.78, 5) is 22.0. The molecule has 0 atom stereocenters. The normalized spacial score (nSPS) is 15.3. The van der Waals surface area contributed by atoms with Gasteiger partial charge in [0, 0.05) is 38.1 Å². The Kier molecular flexibility index (Phi) is 5.46. The zero-order valence-corrected chi connectivity index (χ0v) is 17.7. The smallest absolute Gasteiger partial charge is 0.261 e. The lowest BCUT2D eigenvalue weighted by Crippen LogP contribution is -2.46. The summed E-state index contributed by atoms with van der Waals surface area (Å²) in [6.07, 6.45) is 3.76. The Morgan fingerprint density at radius 1 is 0.833 bits per heavy atom. The number of aromatic nitrogens is 3. The molecule has 7 heteroatoms. The van der Waals surface area contributed by atoms with E-state index in [4.69, 9.17) is 0 Å². The minimum Gasteiger partial charge on any atom is -0.359 e. The fourth-order valence-corrected chi connectivity index (χ4v) is 5.07. The third-order valence-electron chi connectivity index (χ3n) is 5.88. The highest BCUT2D eigenvalue weighted by atomic mass is 32.1. The maximum absolute atomic E-state index is 12.6. The van der Waals surface area contributed by atoms with Crippen LogP contribution in [0.1, 0.15) is 12.8 Å². The molecule has 2 aromatic heterocycles.